The van der Waals surface area contributed by atoms with Crippen LogP contribution in [0.3, 0.4) is 0 Å². The Morgan fingerprint density at radius 1 is 1.20 bits per heavy atom. The lowest BCUT2D eigenvalue weighted by Gasteiger charge is -1.91. The Morgan fingerprint density at radius 2 is 1.93 bits per heavy atom. The number of nitro benzene ring substituents is 1. The highest BCUT2D eigenvalue weighted by atomic mass is 16.6. The van der Waals surface area contributed by atoms with E-state index in [2.05, 4.69) is 10.2 Å². The van der Waals surface area contributed by atoms with Crippen LogP contribution in [0.2, 0.25) is 0 Å². The van der Waals surface area contributed by atoms with E-state index < -0.39 is 9.85 Å². The Bertz CT molecular complexity index is 561. The highest BCUT2D eigenvalue weighted by Crippen LogP contribution is 2.25. The van der Waals surface area contributed by atoms with Crippen molar-refractivity contribution >= 4 is 22.4 Å². The second kappa shape index (κ2) is 3.01. The Labute approximate surface area is 81.8 Å². The molecule has 0 saturated heterocycles. The van der Waals surface area contributed by atoms with Gasteiger partial charge in [-0.05, 0) is 11.0 Å². The summed E-state index contributed by atoms with van der Waals surface area (Å²) in [6.07, 6.45) is 0. The van der Waals surface area contributed by atoms with Gasteiger partial charge in [-0.2, -0.15) is 0 Å². The number of nitrogens with zero attached hydrogens (tertiary/aromatic N) is 3. The molecule has 76 valence electrons. The molecule has 2 aromatic rings. The van der Waals surface area contributed by atoms with Crippen molar-refractivity contribution in [2.24, 2.45) is 0 Å². The normalized spacial score (nSPS) is 10.4. The minimum Gasteiger partial charge on any atom is -0.358 e. The van der Waals surface area contributed by atoms with E-state index in [4.69, 9.17) is 0 Å². The smallest absolute Gasteiger partial charge is 0.350 e. The van der Waals surface area contributed by atoms with Gasteiger partial charge in [-0.15, -0.1) is 5.10 Å². The van der Waals surface area contributed by atoms with E-state index in [1.165, 1.54) is 18.2 Å². The predicted octanol–water partition coefficient (Wildman–Crippen LogP) is 1.38. The van der Waals surface area contributed by atoms with Crippen LogP contribution in [0.1, 0.15) is 0 Å². The first-order chi connectivity index (χ1) is 7.09. The molecule has 1 aromatic carbocycles. The lowest BCUT2D eigenvalue weighted by atomic mass is 10.2. The highest BCUT2D eigenvalue weighted by molar-refractivity contribution is 5.87. The Hall–Kier alpha value is -2.51. The van der Waals surface area contributed by atoms with Gasteiger partial charge in [0.15, 0.2) is 0 Å². The topological polar surface area (TPSA) is 115 Å². The summed E-state index contributed by atoms with van der Waals surface area (Å²) in [4.78, 5) is 19.7. The summed E-state index contributed by atoms with van der Waals surface area (Å²) >= 11 is 0. The summed E-state index contributed by atoms with van der Waals surface area (Å²) in [7, 11) is 0. The van der Waals surface area contributed by atoms with Gasteiger partial charge in [0, 0.05) is 12.1 Å². The van der Waals surface area contributed by atoms with Gasteiger partial charge >= 0.3 is 5.82 Å². The zero-order valence-electron chi connectivity index (χ0n) is 7.21. The van der Waals surface area contributed by atoms with Crippen molar-refractivity contribution in [1.82, 2.24) is 10.2 Å². The molecule has 0 bridgehead atoms. The molecule has 0 unspecified atom stereocenters. The standard InChI is InChI=1S/C7H4N4O4/c12-10(13)4-1-2-5-6(3-4)8-9-7(5)11(14)15/h1-3H,(H,8,9). The van der Waals surface area contributed by atoms with Crippen molar-refractivity contribution in [2.75, 3.05) is 0 Å². The molecule has 0 fully saturated rings. The molecule has 0 saturated carbocycles. The summed E-state index contributed by atoms with van der Waals surface area (Å²) in [5.74, 6) is -0.264. The van der Waals surface area contributed by atoms with Crippen LogP contribution in [0.25, 0.3) is 10.9 Å². The van der Waals surface area contributed by atoms with Crippen LogP contribution in [0.4, 0.5) is 11.5 Å². The van der Waals surface area contributed by atoms with Crippen molar-refractivity contribution in [3.05, 3.63) is 38.4 Å². The molecule has 2 rings (SSSR count). The fraction of sp³-hybridized carbons (Fsp3) is 0. The highest BCUT2D eigenvalue weighted by Gasteiger charge is 2.17. The number of hydrogen-bond acceptors (Lipinski definition) is 5. The fourth-order valence-corrected chi connectivity index (χ4v) is 1.24. The van der Waals surface area contributed by atoms with E-state index in [1.807, 2.05) is 0 Å². The predicted molar refractivity (Wildman–Crippen MR) is 49.4 cm³/mol. The van der Waals surface area contributed by atoms with Gasteiger partial charge < -0.3 is 10.1 Å². The largest absolute Gasteiger partial charge is 0.358 e. The molecule has 0 aliphatic rings. The number of nitrogens with one attached hydrogen (secondary N) is 1. The van der Waals surface area contributed by atoms with E-state index in [0.29, 0.717) is 0 Å². The molecule has 0 aliphatic heterocycles. The van der Waals surface area contributed by atoms with Crippen molar-refractivity contribution in [3.63, 3.8) is 0 Å². The maximum atomic E-state index is 10.5. The summed E-state index contributed by atoms with van der Waals surface area (Å²) < 4.78 is 0. The van der Waals surface area contributed by atoms with Crippen LogP contribution >= 0.6 is 0 Å². The third-order valence-corrected chi connectivity index (χ3v) is 1.91. The molecule has 15 heavy (non-hydrogen) atoms. The molecular weight excluding hydrogens is 204 g/mol. The molecule has 0 spiro atoms. The van der Waals surface area contributed by atoms with Crippen LogP contribution in [0, 0.1) is 20.2 Å². The lowest BCUT2D eigenvalue weighted by molar-refractivity contribution is -0.387. The van der Waals surface area contributed by atoms with Crippen molar-refractivity contribution < 1.29 is 9.85 Å². The van der Waals surface area contributed by atoms with Crippen LogP contribution in [-0.4, -0.2) is 20.0 Å². The van der Waals surface area contributed by atoms with E-state index in [1.54, 1.807) is 0 Å². The minimum absolute atomic E-state index is 0.149. The first-order valence-electron chi connectivity index (χ1n) is 3.86. The summed E-state index contributed by atoms with van der Waals surface area (Å²) in [5.41, 5.74) is 0.0554. The van der Waals surface area contributed by atoms with E-state index in [0.717, 1.165) is 0 Å². The minimum atomic E-state index is -0.624. The maximum Gasteiger partial charge on any atom is 0.350 e. The van der Waals surface area contributed by atoms with Gasteiger partial charge in [0.25, 0.3) is 5.69 Å². The molecule has 0 radical (unpaired) electrons. The summed E-state index contributed by atoms with van der Waals surface area (Å²) in [6, 6.07) is 3.68. The number of rotatable bonds is 2. The fourth-order valence-electron chi connectivity index (χ4n) is 1.24. The van der Waals surface area contributed by atoms with Crippen LogP contribution in [0.5, 0.6) is 0 Å². The third-order valence-electron chi connectivity index (χ3n) is 1.91. The van der Waals surface area contributed by atoms with E-state index in [-0.39, 0.29) is 22.4 Å². The molecule has 0 amide bonds. The average Bonchev–Trinajstić information content (AvgIpc) is 2.59. The third kappa shape index (κ3) is 1.37. The molecule has 1 N–H and O–H groups in total. The van der Waals surface area contributed by atoms with Crippen molar-refractivity contribution in [1.29, 1.82) is 0 Å². The number of hydrogen-bond donors (Lipinski definition) is 1. The number of H-pyrrole nitrogens is 1. The average molecular weight is 208 g/mol. The van der Waals surface area contributed by atoms with Gasteiger partial charge in [0.05, 0.1) is 10.3 Å². The molecule has 1 aromatic heterocycles. The maximum absolute atomic E-state index is 10.5. The number of benzene rings is 1. The van der Waals surface area contributed by atoms with Gasteiger partial charge in [0.1, 0.15) is 5.52 Å². The van der Waals surface area contributed by atoms with Crippen LogP contribution in [-0.2, 0) is 0 Å². The molecular formula is C7H4N4O4. The summed E-state index contributed by atoms with van der Waals surface area (Å²) in [5, 5.41) is 27.0. The zero-order valence-corrected chi connectivity index (χ0v) is 7.21. The molecule has 8 nitrogen and oxygen atoms in total. The van der Waals surface area contributed by atoms with Crippen LogP contribution < -0.4 is 0 Å². The first-order valence-corrected chi connectivity index (χ1v) is 3.86. The molecule has 0 atom stereocenters. The second-order valence-corrected chi connectivity index (χ2v) is 2.79. The Morgan fingerprint density at radius 3 is 2.53 bits per heavy atom. The van der Waals surface area contributed by atoms with E-state index in [9.17, 15) is 20.2 Å². The van der Waals surface area contributed by atoms with Crippen molar-refractivity contribution in [3.8, 4) is 0 Å². The Balaban J connectivity index is 2.66. The Kier molecular flexibility index (Phi) is 1.82. The van der Waals surface area contributed by atoms with Gasteiger partial charge in [-0.3, -0.25) is 10.1 Å². The zero-order chi connectivity index (χ0) is 11.0. The number of nitro groups is 2. The number of aromatic amines is 1. The quantitative estimate of drug-likeness (QED) is 0.591. The monoisotopic (exact) mass is 208 g/mol. The van der Waals surface area contributed by atoms with Crippen LogP contribution in [0.15, 0.2) is 18.2 Å². The first kappa shape index (κ1) is 9.06. The van der Waals surface area contributed by atoms with E-state index >= 15 is 0 Å². The summed E-state index contributed by atoms with van der Waals surface area (Å²) in [6.45, 7) is 0. The number of fused-ring (bicyclic) bond motifs is 1. The van der Waals surface area contributed by atoms with Gasteiger partial charge in [-0.1, -0.05) is 5.10 Å². The van der Waals surface area contributed by atoms with Gasteiger partial charge in [-0.25, -0.2) is 0 Å². The number of aromatic nitrogens is 2. The molecule has 8 heteroatoms. The lowest BCUT2D eigenvalue weighted by Crippen LogP contribution is -1.88. The van der Waals surface area contributed by atoms with Crippen molar-refractivity contribution in [2.45, 2.75) is 0 Å². The van der Waals surface area contributed by atoms with Gasteiger partial charge in [0.2, 0.25) is 0 Å². The number of non-ortho nitro benzene ring substituents is 1. The molecule has 1 heterocycles. The molecule has 0 aliphatic carbocycles. The SMILES string of the molecule is O=[N+]([O-])c1ccc2c([N+](=O)[O-])[nH]nc2c1. The second-order valence-electron chi connectivity index (χ2n) is 2.79.